The Hall–Kier alpha value is -1.86. The average molecular weight is 186 g/mol. The van der Waals surface area contributed by atoms with Gasteiger partial charge in [-0.15, -0.1) is 0 Å². The average Bonchev–Trinajstić information content (AvgIpc) is 2.63. The molecule has 4 heteroatoms. The van der Waals surface area contributed by atoms with Gasteiger partial charge in [-0.25, -0.2) is 4.98 Å². The summed E-state index contributed by atoms with van der Waals surface area (Å²) >= 11 is 0. The van der Waals surface area contributed by atoms with Crippen molar-refractivity contribution in [1.29, 1.82) is 0 Å². The minimum atomic E-state index is 0.667. The first-order valence-corrected chi connectivity index (χ1v) is 4.34. The second kappa shape index (κ2) is 3.90. The molecule has 2 aromatic rings. The summed E-state index contributed by atoms with van der Waals surface area (Å²) in [6.07, 6.45) is 1.72. The number of aromatic nitrogens is 3. The molecule has 0 aromatic carbocycles. The fourth-order valence-electron chi connectivity index (χ4n) is 1.17. The van der Waals surface area contributed by atoms with Crippen molar-refractivity contribution in [3.8, 4) is 11.8 Å². The van der Waals surface area contributed by atoms with E-state index in [1.807, 2.05) is 19.2 Å². The zero-order valence-electron chi connectivity index (χ0n) is 7.83. The van der Waals surface area contributed by atoms with Gasteiger partial charge in [-0.05, 0) is 25.1 Å². The van der Waals surface area contributed by atoms with Gasteiger partial charge in [0.15, 0.2) is 5.65 Å². The molecule has 2 aromatic heterocycles. The lowest BCUT2D eigenvalue weighted by molar-refractivity contribution is 0.938. The smallest absolute Gasteiger partial charge is 0.182 e. The number of rotatable bonds is 1. The van der Waals surface area contributed by atoms with E-state index < -0.39 is 0 Å². The number of pyridine rings is 1. The van der Waals surface area contributed by atoms with Crippen LogP contribution in [0.25, 0.3) is 11.0 Å². The van der Waals surface area contributed by atoms with Crippen molar-refractivity contribution in [2.24, 2.45) is 0 Å². The van der Waals surface area contributed by atoms with Crippen molar-refractivity contribution in [2.75, 3.05) is 13.6 Å². The molecular formula is C10H10N4. The van der Waals surface area contributed by atoms with Crippen molar-refractivity contribution in [1.82, 2.24) is 20.5 Å². The normalized spacial score (nSPS) is 9.79. The third-order valence-electron chi connectivity index (χ3n) is 1.81. The maximum atomic E-state index is 4.10. The highest BCUT2D eigenvalue weighted by atomic mass is 15.1. The SMILES string of the molecule is CNCC#Cc1[nH]nc2ncccc12. The van der Waals surface area contributed by atoms with Crippen LogP contribution >= 0.6 is 0 Å². The van der Waals surface area contributed by atoms with Crippen LogP contribution in [-0.2, 0) is 0 Å². The highest BCUT2D eigenvalue weighted by Crippen LogP contribution is 2.10. The van der Waals surface area contributed by atoms with Crippen LogP contribution < -0.4 is 5.32 Å². The van der Waals surface area contributed by atoms with Crippen LogP contribution in [0.2, 0.25) is 0 Å². The van der Waals surface area contributed by atoms with Crippen molar-refractivity contribution >= 4 is 11.0 Å². The summed E-state index contributed by atoms with van der Waals surface area (Å²) in [6.45, 7) is 0.667. The molecule has 0 spiro atoms. The lowest BCUT2D eigenvalue weighted by atomic mass is 10.2. The van der Waals surface area contributed by atoms with Crippen molar-refractivity contribution < 1.29 is 0 Å². The van der Waals surface area contributed by atoms with Gasteiger partial charge in [-0.2, -0.15) is 5.10 Å². The molecule has 0 amide bonds. The first-order valence-electron chi connectivity index (χ1n) is 4.34. The molecule has 0 radical (unpaired) electrons. The standard InChI is InChI=1S/C10H10N4/c1-11-6-3-5-9-8-4-2-7-12-10(8)14-13-9/h2,4,7,11H,6H2,1H3,(H,12,13,14). The summed E-state index contributed by atoms with van der Waals surface area (Å²) in [7, 11) is 1.86. The van der Waals surface area contributed by atoms with Gasteiger partial charge >= 0.3 is 0 Å². The molecule has 0 unspecified atom stereocenters. The Morgan fingerprint density at radius 2 is 2.50 bits per heavy atom. The van der Waals surface area contributed by atoms with Crippen molar-refractivity contribution in [3.63, 3.8) is 0 Å². The Morgan fingerprint density at radius 3 is 3.36 bits per heavy atom. The lowest BCUT2D eigenvalue weighted by Crippen LogP contribution is -2.04. The summed E-state index contributed by atoms with van der Waals surface area (Å²) in [5.74, 6) is 5.97. The van der Waals surface area contributed by atoms with E-state index >= 15 is 0 Å². The Balaban J connectivity index is 2.40. The van der Waals surface area contributed by atoms with Gasteiger partial charge < -0.3 is 5.32 Å². The quantitative estimate of drug-likeness (QED) is 0.639. The molecule has 70 valence electrons. The summed E-state index contributed by atoms with van der Waals surface area (Å²) in [6, 6.07) is 3.83. The van der Waals surface area contributed by atoms with Gasteiger partial charge in [-0.3, -0.25) is 5.10 Å². The van der Waals surface area contributed by atoms with Gasteiger partial charge in [0.2, 0.25) is 0 Å². The Kier molecular flexibility index (Phi) is 2.43. The molecule has 0 saturated heterocycles. The number of fused-ring (bicyclic) bond motifs is 1. The van der Waals surface area contributed by atoms with Gasteiger partial charge in [-0.1, -0.05) is 5.92 Å². The fraction of sp³-hybridized carbons (Fsp3) is 0.200. The van der Waals surface area contributed by atoms with Crippen LogP contribution in [0, 0.1) is 11.8 Å². The highest BCUT2D eigenvalue weighted by Gasteiger charge is 2.00. The second-order valence-electron chi connectivity index (χ2n) is 2.81. The number of hydrogen-bond donors (Lipinski definition) is 2. The van der Waals surface area contributed by atoms with E-state index in [-0.39, 0.29) is 0 Å². The third-order valence-corrected chi connectivity index (χ3v) is 1.81. The summed E-state index contributed by atoms with van der Waals surface area (Å²) in [5.41, 5.74) is 1.53. The summed E-state index contributed by atoms with van der Waals surface area (Å²) < 4.78 is 0. The molecule has 2 rings (SSSR count). The maximum Gasteiger partial charge on any atom is 0.182 e. The van der Waals surface area contributed by atoms with E-state index in [1.54, 1.807) is 6.20 Å². The Morgan fingerprint density at radius 1 is 1.57 bits per heavy atom. The third kappa shape index (κ3) is 1.58. The minimum Gasteiger partial charge on any atom is -0.309 e. The molecule has 0 saturated carbocycles. The first-order chi connectivity index (χ1) is 6.92. The monoisotopic (exact) mass is 186 g/mol. The molecule has 0 fully saturated rings. The van der Waals surface area contributed by atoms with E-state index in [1.165, 1.54) is 0 Å². The molecule has 2 N–H and O–H groups in total. The van der Waals surface area contributed by atoms with Crippen molar-refractivity contribution in [2.45, 2.75) is 0 Å². The minimum absolute atomic E-state index is 0.667. The predicted molar refractivity (Wildman–Crippen MR) is 54.7 cm³/mol. The largest absolute Gasteiger partial charge is 0.309 e. The summed E-state index contributed by atoms with van der Waals surface area (Å²) in [4.78, 5) is 4.10. The maximum absolute atomic E-state index is 4.10. The molecule has 4 nitrogen and oxygen atoms in total. The Bertz CT molecular complexity index is 489. The summed E-state index contributed by atoms with van der Waals surface area (Å²) in [5, 5.41) is 10.8. The zero-order valence-corrected chi connectivity index (χ0v) is 7.83. The molecule has 0 aliphatic rings. The number of aromatic amines is 1. The van der Waals surface area contributed by atoms with E-state index in [4.69, 9.17) is 0 Å². The number of H-pyrrole nitrogens is 1. The predicted octanol–water partition coefficient (Wildman–Crippen LogP) is 0.529. The highest BCUT2D eigenvalue weighted by molar-refractivity contribution is 5.80. The van der Waals surface area contributed by atoms with Crippen molar-refractivity contribution in [3.05, 3.63) is 24.0 Å². The number of hydrogen-bond acceptors (Lipinski definition) is 3. The zero-order chi connectivity index (χ0) is 9.80. The molecule has 0 aliphatic heterocycles. The number of nitrogens with zero attached hydrogens (tertiary/aromatic N) is 2. The Labute approximate surface area is 81.7 Å². The topological polar surface area (TPSA) is 53.6 Å². The molecule has 0 aliphatic carbocycles. The number of nitrogens with one attached hydrogen (secondary N) is 2. The van der Waals surface area contributed by atoms with E-state index in [0.717, 1.165) is 11.1 Å². The molecule has 0 bridgehead atoms. The molecule has 0 atom stereocenters. The van der Waals surface area contributed by atoms with Crippen LogP contribution in [0.1, 0.15) is 5.69 Å². The van der Waals surface area contributed by atoms with Crippen LogP contribution in [0.3, 0.4) is 0 Å². The van der Waals surface area contributed by atoms with Crippen LogP contribution in [0.15, 0.2) is 18.3 Å². The van der Waals surface area contributed by atoms with Gasteiger partial charge in [0.1, 0.15) is 5.69 Å². The van der Waals surface area contributed by atoms with Gasteiger partial charge in [0.05, 0.1) is 11.9 Å². The van der Waals surface area contributed by atoms with Crippen LogP contribution in [0.4, 0.5) is 0 Å². The lowest BCUT2D eigenvalue weighted by Gasteiger charge is -1.85. The molecule has 14 heavy (non-hydrogen) atoms. The van der Waals surface area contributed by atoms with E-state index in [2.05, 4.69) is 32.3 Å². The van der Waals surface area contributed by atoms with Crippen LogP contribution in [-0.4, -0.2) is 28.8 Å². The van der Waals surface area contributed by atoms with Crippen LogP contribution in [0.5, 0.6) is 0 Å². The fourth-order valence-corrected chi connectivity index (χ4v) is 1.17. The van der Waals surface area contributed by atoms with E-state index in [0.29, 0.717) is 12.2 Å². The second-order valence-corrected chi connectivity index (χ2v) is 2.81. The molecular weight excluding hydrogens is 176 g/mol. The van der Waals surface area contributed by atoms with E-state index in [9.17, 15) is 0 Å². The van der Waals surface area contributed by atoms with Gasteiger partial charge in [0.25, 0.3) is 0 Å². The molecule has 2 heterocycles. The first kappa shape index (κ1) is 8.73. The van der Waals surface area contributed by atoms with Gasteiger partial charge in [0, 0.05) is 6.20 Å².